The number of carboxylic acid groups (broad SMARTS) is 2. The van der Waals surface area contributed by atoms with Gasteiger partial charge in [-0.2, -0.15) is 0 Å². The molecule has 0 aliphatic heterocycles. The molecule has 0 aliphatic carbocycles. The second kappa shape index (κ2) is 9.06. The maximum absolute atomic E-state index is 10.2. The Hall–Kier alpha value is -2.56. The number of hydrogen-bond donors (Lipinski definition) is 6. The van der Waals surface area contributed by atoms with E-state index in [1.807, 2.05) is 0 Å². The van der Waals surface area contributed by atoms with Gasteiger partial charge in [-0.1, -0.05) is 0 Å². The number of benzene rings is 2. The molecular formula is C14H10CaO10. The van der Waals surface area contributed by atoms with Gasteiger partial charge in [0.15, 0.2) is 34.5 Å². The molecule has 0 fully saturated rings. The number of phenols is 6. The minimum atomic E-state index is -1.54. The fraction of sp³-hybridized carbons (Fsp3) is 0. The third-order valence-corrected chi connectivity index (χ3v) is 2.61. The van der Waals surface area contributed by atoms with Crippen LogP contribution in [0.4, 0.5) is 0 Å². The first-order valence-electron chi connectivity index (χ1n) is 5.97. The number of carbonyl (C=O) groups excluding carboxylic acids is 2. The van der Waals surface area contributed by atoms with Gasteiger partial charge in [0.2, 0.25) is 0 Å². The predicted octanol–water partition coefficient (Wildman–Crippen LogP) is -2.05. The summed E-state index contributed by atoms with van der Waals surface area (Å²) < 4.78 is 0. The molecule has 25 heavy (non-hydrogen) atoms. The van der Waals surface area contributed by atoms with Gasteiger partial charge >= 0.3 is 37.7 Å². The number of aromatic hydroxyl groups is 6. The van der Waals surface area contributed by atoms with E-state index < -0.39 is 57.6 Å². The monoisotopic (exact) mass is 378 g/mol. The molecule has 11 heteroatoms. The minimum absolute atomic E-state index is 0. The SMILES string of the molecule is O=C([O-])c1cc(O)c(O)c(O)c1.O=C([O-])c1cc(O)c(O)c(O)c1.[Ca+2]. The number of phenolic OH excluding ortho intramolecular Hbond substituents is 6. The fourth-order valence-electron chi connectivity index (χ4n) is 1.44. The van der Waals surface area contributed by atoms with Crippen molar-refractivity contribution < 1.29 is 50.4 Å². The van der Waals surface area contributed by atoms with E-state index >= 15 is 0 Å². The molecule has 10 nitrogen and oxygen atoms in total. The second-order valence-corrected chi connectivity index (χ2v) is 4.30. The van der Waals surface area contributed by atoms with E-state index in [-0.39, 0.29) is 37.7 Å². The quantitative estimate of drug-likeness (QED) is 0.249. The van der Waals surface area contributed by atoms with Crippen LogP contribution in [-0.4, -0.2) is 80.3 Å². The topological polar surface area (TPSA) is 202 Å². The average molecular weight is 378 g/mol. The zero-order chi connectivity index (χ0) is 18.6. The number of hydrogen-bond acceptors (Lipinski definition) is 10. The number of aromatic carboxylic acids is 2. The van der Waals surface area contributed by atoms with Crippen molar-refractivity contribution in [3.63, 3.8) is 0 Å². The van der Waals surface area contributed by atoms with Crippen LogP contribution in [0.25, 0.3) is 0 Å². The Morgan fingerprint density at radius 1 is 0.600 bits per heavy atom. The van der Waals surface area contributed by atoms with Crippen molar-refractivity contribution in [1.29, 1.82) is 0 Å². The molecule has 0 heterocycles. The summed E-state index contributed by atoms with van der Waals surface area (Å²) in [6.07, 6.45) is 0. The van der Waals surface area contributed by atoms with Gasteiger partial charge in [0.1, 0.15) is 0 Å². The van der Waals surface area contributed by atoms with Crippen molar-refractivity contribution in [3.8, 4) is 34.5 Å². The molecule has 0 bridgehead atoms. The van der Waals surface area contributed by atoms with Crippen LogP contribution in [0.5, 0.6) is 34.5 Å². The molecule has 6 N–H and O–H groups in total. The second-order valence-electron chi connectivity index (χ2n) is 4.30. The third-order valence-electron chi connectivity index (χ3n) is 2.61. The van der Waals surface area contributed by atoms with Gasteiger partial charge in [0, 0.05) is 11.1 Å². The summed E-state index contributed by atoms with van der Waals surface area (Å²) in [5.41, 5.74) is -0.800. The van der Waals surface area contributed by atoms with Crippen molar-refractivity contribution in [2.45, 2.75) is 0 Å². The Labute approximate surface area is 169 Å². The third kappa shape index (κ3) is 5.78. The molecule has 0 saturated carbocycles. The molecule has 0 atom stereocenters. The molecule has 2 aromatic carbocycles. The molecule has 2 aromatic rings. The summed E-state index contributed by atoms with van der Waals surface area (Å²) in [5, 5.41) is 73.3. The van der Waals surface area contributed by atoms with E-state index in [0.29, 0.717) is 0 Å². The van der Waals surface area contributed by atoms with Gasteiger partial charge in [0.05, 0.1) is 11.9 Å². The van der Waals surface area contributed by atoms with Crippen molar-refractivity contribution in [2.24, 2.45) is 0 Å². The number of carbonyl (C=O) groups is 2. The normalized spacial score (nSPS) is 9.28. The van der Waals surface area contributed by atoms with Gasteiger partial charge < -0.3 is 50.4 Å². The molecule has 0 spiro atoms. The largest absolute Gasteiger partial charge is 2.00 e. The summed E-state index contributed by atoms with van der Waals surface area (Å²) >= 11 is 0. The molecule has 0 aliphatic rings. The Bertz CT molecular complexity index is 689. The first kappa shape index (κ1) is 22.4. The Morgan fingerprint density at radius 2 is 0.800 bits per heavy atom. The van der Waals surface area contributed by atoms with E-state index in [1.165, 1.54) is 0 Å². The number of carboxylic acids is 2. The maximum atomic E-state index is 10.2. The first-order valence-corrected chi connectivity index (χ1v) is 5.97. The summed E-state index contributed by atoms with van der Waals surface area (Å²) in [5.74, 6) is -7.38. The molecule has 128 valence electrons. The van der Waals surface area contributed by atoms with Crippen LogP contribution in [-0.2, 0) is 0 Å². The zero-order valence-electron chi connectivity index (χ0n) is 12.3. The fourth-order valence-corrected chi connectivity index (χ4v) is 1.44. The standard InChI is InChI=1S/2C7H6O5.Ca/c2*8-4-1-3(7(11)12)2-5(9)6(4)10;/h2*1-2,8-10H,(H,11,12);/q;;+2/p-2. The van der Waals surface area contributed by atoms with Crippen LogP contribution in [0, 0.1) is 0 Å². The number of rotatable bonds is 2. The Kier molecular flexibility index (Phi) is 8.13. The van der Waals surface area contributed by atoms with Crippen molar-refractivity contribution >= 4 is 49.7 Å². The van der Waals surface area contributed by atoms with E-state index in [1.54, 1.807) is 0 Å². The van der Waals surface area contributed by atoms with Crippen LogP contribution in [0.15, 0.2) is 24.3 Å². The smallest absolute Gasteiger partial charge is 0.545 e. The average Bonchev–Trinajstić information content (AvgIpc) is 2.49. The van der Waals surface area contributed by atoms with Gasteiger partial charge in [-0.3, -0.25) is 0 Å². The molecular weight excluding hydrogens is 368 g/mol. The van der Waals surface area contributed by atoms with E-state index in [2.05, 4.69) is 0 Å². The van der Waals surface area contributed by atoms with E-state index in [9.17, 15) is 19.8 Å². The van der Waals surface area contributed by atoms with Gasteiger partial charge in [-0.15, -0.1) is 0 Å². The van der Waals surface area contributed by atoms with Crippen LogP contribution in [0.1, 0.15) is 20.7 Å². The molecule has 2 rings (SSSR count). The van der Waals surface area contributed by atoms with E-state index in [4.69, 9.17) is 30.6 Å². The van der Waals surface area contributed by atoms with Crippen LogP contribution < -0.4 is 10.2 Å². The van der Waals surface area contributed by atoms with Crippen LogP contribution in [0.2, 0.25) is 0 Å². The summed E-state index contributed by atoms with van der Waals surface area (Å²) in [7, 11) is 0. The zero-order valence-corrected chi connectivity index (χ0v) is 14.5. The van der Waals surface area contributed by atoms with Gasteiger partial charge in [-0.05, 0) is 24.3 Å². The Morgan fingerprint density at radius 3 is 0.960 bits per heavy atom. The first-order chi connectivity index (χ1) is 11.0. The van der Waals surface area contributed by atoms with Crippen molar-refractivity contribution in [1.82, 2.24) is 0 Å². The molecule has 0 saturated heterocycles. The van der Waals surface area contributed by atoms with E-state index in [0.717, 1.165) is 24.3 Å². The molecule has 0 aromatic heterocycles. The van der Waals surface area contributed by atoms with Crippen LogP contribution >= 0.6 is 0 Å². The van der Waals surface area contributed by atoms with Gasteiger partial charge in [0.25, 0.3) is 0 Å². The predicted molar refractivity (Wildman–Crippen MR) is 77.3 cm³/mol. The molecule has 0 unspecified atom stereocenters. The van der Waals surface area contributed by atoms with Crippen molar-refractivity contribution in [2.75, 3.05) is 0 Å². The molecule has 0 radical (unpaired) electrons. The summed E-state index contributed by atoms with van der Waals surface area (Å²) in [6, 6.07) is 3.13. The Balaban J connectivity index is 0.000000443. The van der Waals surface area contributed by atoms with Crippen LogP contribution in [0.3, 0.4) is 0 Å². The van der Waals surface area contributed by atoms with Gasteiger partial charge in [-0.25, -0.2) is 0 Å². The van der Waals surface area contributed by atoms with Crippen molar-refractivity contribution in [3.05, 3.63) is 35.4 Å². The summed E-state index contributed by atoms with van der Waals surface area (Å²) in [6.45, 7) is 0. The maximum Gasteiger partial charge on any atom is 2.00 e. The minimum Gasteiger partial charge on any atom is -0.545 e. The summed E-state index contributed by atoms with van der Waals surface area (Å²) in [4.78, 5) is 20.4. The molecule has 0 amide bonds.